The van der Waals surface area contributed by atoms with Gasteiger partial charge in [0.05, 0.1) is 13.2 Å². The maximum atomic E-state index is 12.1. The Labute approximate surface area is 135 Å². The van der Waals surface area contributed by atoms with E-state index in [0.717, 1.165) is 12.8 Å². The first-order chi connectivity index (χ1) is 11.0. The second-order valence-corrected chi connectivity index (χ2v) is 5.99. The molecule has 0 radical (unpaired) electrons. The minimum absolute atomic E-state index is 0.140. The summed E-state index contributed by atoms with van der Waals surface area (Å²) < 4.78 is 11.1. The van der Waals surface area contributed by atoms with Crippen molar-refractivity contribution in [3.63, 3.8) is 0 Å². The number of amides is 1. The number of carboxylic acids is 1. The zero-order valence-corrected chi connectivity index (χ0v) is 13.5. The Balaban J connectivity index is 1.95. The fraction of sp³-hybridized carbons (Fsp3) is 0.529. The number of benzene rings is 1. The molecule has 1 aromatic rings. The van der Waals surface area contributed by atoms with Gasteiger partial charge in [0.1, 0.15) is 17.9 Å². The fourth-order valence-electron chi connectivity index (χ4n) is 2.41. The number of carbonyl (C=O) groups excluding carboxylic acids is 1. The van der Waals surface area contributed by atoms with Gasteiger partial charge >= 0.3 is 5.97 Å². The van der Waals surface area contributed by atoms with E-state index in [1.807, 2.05) is 0 Å². The molecule has 1 heterocycles. The second kappa shape index (κ2) is 7.97. The minimum Gasteiger partial charge on any atom is -0.490 e. The lowest BCUT2D eigenvalue weighted by Crippen LogP contribution is -2.44. The SMILES string of the molecule is CC(C)[C@@H](NC(=O)c1ccc(OC2CCOCC2)cc1)C(=O)O. The average Bonchev–Trinajstić information content (AvgIpc) is 2.53. The van der Waals surface area contributed by atoms with E-state index in [1.54, 1.807) is 38.1 Å². The number of aliphatic carboxylic acids is 1. The summed E-state index contributed by atoms with van der Waals surface area (Å²) in [6, 6.07) is 5.85. The minimum atomic E-state index is -1.03. The molecular formula is C17H23NO5. The third-order valence-electron chi connectivity index (χ3n) is 3.81. The van der Waals surface area contributed by atoms with Crippen LogP contribution in [0.4, 0.5) is 0 Å². The van der Waals surface area contributed by atoms with Crippen molar-refractivity contribution in [1.29, 1.82) is 0 Å². The van der Waals surface area contributed by atoms with Crippen LogP contribution in [-0.2, 0) is 9.53 Å². The van der Waals surface area contributed by atoms with E-state index < -0.39 is 17.9 Å². The summed E-state index contributed by atoms with van der Waals surface area (Å²) in [5.41, 5.74) is 0.413. The van der Waals surface area contributed by atoms with Gasteiger partial charge in [0.15, 0.2) is 0 Å². The highest BCUT2D eigenvalue weighted by atomic mass is 16.5. The van der Waals surface area contributed by atoms with Gasteiger partial charge in [-0.3, -0.25) is 4.79 Å². The molecule has 1 fully saturated rings. The molecule has 6 nitrogen and oxygen atoms in total. The Morgan fingerprint density at radius 1 is 1.22 bits per heavy atom. The van der Waals surface area contributed by atoms with E-state index in [1.165, 1.54) is 0 Å². The van der Waals surface area contributed by atoms with E-state index in [0.29, 0.717) is 24.5 Å². The number of nitrogens with one attached hydrogen (secondary N) is 1. The van der Waals surface area contributed by atoms with Gasteiger partial charge < -0.3 is 19.9 Å². The molecule has 1 aliphatic rings. The van der Waals surface area contributed by atoms with Crippen LogP contribution in [0, 0.1) is 5.92 Å². The van der Waals surface area contributed by atoms with Crippen LogP contribution in [0.3, 0.4) is 0 Å². The predicted molar refractivity (Wildman–Crippen MR) is 84.6 cm³/mol. The molecule has 0 saturated carbocycles. The molecule has 1 saturated heterocycles. The smallest absolute Gasteiger partial charge is 0.326 e. The Bertz CT molecular complexity index is 534. The Hall–Kier alpha value is -2.08. The van der Waals surface area contributed by atoms with Crippen molar-refractivity contribution < 1.29 is 24.2 Å². The van der Waals surface area contributed by atoms with Crippen molar-refractivity contribution in [2.24, 2.45) is 5.92 Å². The maximum absolute atomic E-state index is 12.1. The lowest BCUT2D eigenvalue weighted by Gasteiger charge is -2.23. The molecule has 0 bridgehead atoms. The first-order valence-electron chi connectivity index (χ1n) is 7.85. The molecule has 1 amide bonds. The third kappa shape index (κ3) is 4.96. The first kappa shape index (κ1) is 17.3. The molecular weight excluding hydrogens is 298 g/mol. The molecule has 0 aliphatic carbocycles. The number of rotatable bonds is 6. The molecule has 1 aliphatic heterocycles. The highest BCUT2D eigenvalue weighted by molar-refractivity contribution is 5.96. The molecule has 0 spiro atoms. The Kier molecular flexibility index (Phi) is 5.98. The van der Waals surface area contributed by atoms with Crippen LogP contribution < -0.4 is 10.1 Å². The zero-order valence-electron chi connectivity index (χ0n) is 13.5. The van der Waals surface area contributed by atoms with Crippen LogP contribution in [0.25, 0.3) is 0 Å². The average molecular weight is 321 g/mol. The predicted octanol–water partition coefficient (Wildman–Crippen LogP) is 2.08. The van der Waals surface area contributed by atoms with Crippen LogP contribution >= 0.6 is 0 Å². The Morgan fingerprint density at radius 3 is 2.35 bits per heavy atom. The van der Waals surface area contributed by atoms with Gasteiger partial charge in [0.2, 0.25) is 0 Å². The van der Waals surface area contributed by atoms with Crippen molar-refractivity contribution >= 4 is 11.9 Å². The van der Waals surface area contributed by atoms with Gasteiger partial charge in [-0.1, -0.05) is 13.8 Å². The van der Waals surface area contributed by atoms with Gasteiger partial charge in [-0.15, -0.1) is 0 Å². The van der Waals surface area contributed by atoms with Gasteiger partial charge in [0.25, 0.3) is 5.91 Å². The fourth-order valence-corrected chi connectivity index (χ4v) is 2.41. The molecule has 126 valence electrons. The number of ether oxygens (including phenoxy) is 2. The normalized spacial score (nSPS) is 16.8. The van der Waals surface area contributed by atoms with E-state index in [2.05, 4.69) is 5.32 Å². The van der Waals surface area contributed by atoms with Crippen molar-refractivity contribution in [2.45, 2.75) is 38.8 Å². The van der Waals surface area contributed by atoms with E-state index in [9.17, 15) is 9.59 Å². The molecule has 1 aromatic carbocycles. The van der Waals surface area contributed by atoms with Crippen molar-refractivity contribution in [3.8, 4) is 5.75 Å². The highest BCUT2D eigenvalue weighted by Gasteiger charge is 2.24. The van der Waals surface area contributed by atoms with Crippen molar-refractivity contribution in [2.75, 3.05) is 13.2 Å². The molecule has 6 heteroatoms. The number of hydrogen-bond donors (Lipinski definition) is 2. The molecule has 2 rings (SSSR count). The molecule has 0 aromatic heterocycles. The highest BCUT2D eigenvalue weighted by Crippen LogP contribution is 2.18. The van der Waals surface area contributed by atoms with E-state index in [-0.39, 0.29) is 12.0 Å². The zero-order chi connectivity index (χ0) is 16.8. The van der Waals surface area contributed by atoms with Crippen LogP contribution in [-0.4, -0.2) is 42.3 Å². The summed E-state index contributed by atoms with van der Waals surface area (Å²) >= 11 is 0. The first-order valence-corrected chi connectivity index (χ1v) is 7.85. The van der Waals surface area contributed by atoms with Gasteiger partial charge in [-0.05, 0) is 30.2 Å². The molecule has 1 atom stereocenters. The summed E-state index contributed by atoms with van der Waals surface area (Å²) in [7, 11) is 0. The topological polar surface area (TPSA) is 84.9 Å². The van der Waals surface area contributed by atoms with Crippen LogP contribution in [0.2, 0.25) is 0 Å². The van der Waals surface area contributed by atoms with E-state index in [4.69, 9.17) is 14.6 Å². The summed E-state index contributed by atoms with van der Waals surface area (Å²) in [6.45, 7) is 4.92. The number of hydrogen-bond acceptors (Lipinski definition) is 4. The van der Waals surface area contributed by atoms with Gasteiger partial charge in [0, 0.05) is 18.4 Å². The standard InChI is InChI=1S/C17H23NO5/c1-11(2)15(17(20)21)18-16(19)12-3-5-13(6-4-12)23-14-7-9-22-10-8-14/h3-6,11,14-15H,7-10H2,1-2H3,(H,18,19)(H,20,21)/t15-/m1/s1. The van der Waals surface area contributed by atoms with Crippen molar-refractivity contribution in [1.82, 2.24) is 5.32 Å². The Morgan fingerprint density at radius 2 is 1.83 bits per heavy atom. The largest absolute Gasteiger partial charge is 0.490 e. The number of carboxylic acid groups (broad SMARTS) is 1. The van der Waals surface area contributed by atoms with Gasteiger partial charge in [-0.2, -0.15) is 0 Å². The summed E-state index contributed by atoms with van der Waals surface area (Å²) in [4.78, 5) is 23.3. The van der Waals surface area contributed by atoms with Crippen LogP contribution in [0.1, 0.15) is 37.0 Å². The monoisotopic (exact) mass is 321 g/mol. The quantitative estimate of drug-likeness (QED) is 0.838. The van der Waals surface area contributed by atoms with Crippen LogP contribution in [0.15, 0.2) is 24.3 Å². The maximum Gasteiger partial charge on any atom is 0.326 e. The summed E-state index contributed by atoms with van der Waals surface area (Å²) in [5.74, 6) is -0.920. The van der Waals surface area contributed by atoms with Gasteiger partial charge in [-0.25, -0.2) is 4.79 Å². The lowest BCUT2D eigenvalue weighted by atomic mass is 10.0. The third-order valence-corrected chi connectivity index (χ3v) is 3.81. The molecule has 0 unspecified atom stereocenters. The number of carbonyl (C=O) groups is 2. The second-order valence-electron chi connectivity index (χ2n) is 5.99. The lowest BCUT2D eigenvalue weighted by molar-refractivity contribution is -0.140. The molecule has 2 N–H and O–H groups in total. The van der Waals surface area contributed by atoms with E-state index >= 15 is 0 Å². The summed E-state index contributed by atoms with van der Waals surface area (Å²) in [6.07, 6.45) is 1.86. The van der Waals surface area contributed by atoms with Crippen molar-refractivity contribution in [3.05, 3.63) is 29.8 Å². The summed E-state index contributed by atoms with van der Waals surface area (Å²) in [5, 5.41) is 11.7. The molecule has 23 heavy (non-hydrogen) atoms. The van der Waals surface area contributed by atoms with Crippen LogP contribution in [0.5, 0.6) is 5.75 Å².